The molecule has 0 bridgehead atoms. The van der Waals surface area contributed by atoms with E-state index in [1.54, 1.807) is 13.0 Å². The number of Topliss-reactive ketones (excluding diaryl/α,β-unsaturated/α-hetero) is 1. The minimum atomic E-state index is -0.226. The number of carbonyl (C=O) groups excluding carboxylic acids is 1. The van der Waals surface area contributed by atoms with E-state index < -0.39 is 0 Å². The van der Waals surface area contributed by atoms with E-state index in [4.69, 9.17) is 0 Å². The SMILES string of the molecule is CC(=O)CCNCc1cccc(F)c1. The number of ketones is 1. The lowest BCUT2D eigenvalue weighted by molar-refractivity contribution is -0.116. The fourth-order valence-electron chi connectivity index (χ4n) is 1.14. The first-order chi connectivity index (χ1) is 6.68. The molecule has 0 unspecified atom stereocenters. The number of hydrogen-bond acceptors (Lipinski definition) is 2. The molecular formula is C11H14FNO. The van der Waals surface area contributed by atoms with Crippen molar-refractivity contribution in [3.05, 3.63) is 35.6 Å². The largest absolute Gasteiger partial charge is 0.312 e. The topological polar surface area (TPSA) is 29.1 Å². The van der Waals surface area contributed by atoms with E-state index in [9.17, 15) is 9.18 Å². The van der Waals surface area contributed by atoms with E-state index >= 15 is 0 Å². The van der Waals surface area contributed by atoms with Gasteiger partial charge in [-0.25, -0.2) is 4.39 Å². The summed E-state index contributed by atoms with van der Waals surface area (Å²) in [6.07, 6.45) is 0.523. The highest BCUT2D eigenvalue weighted by Gasteiger charge is 1.95. The Morgan fingerprint density at radius 3 is 2.93 bits per heavy atom. The molecule has 14 heavy (non-hydrogen) atoms. The van der Waals surface area contributed by atoms with Crippen LogP contribution in [0.2, 0.25) is 0 Å². The highest BCUT2D eigenvalue weighted by Crippen LogP contribution is 2.02. The zero-order chi connectivity index (χ0) is 10.4. The Balaban J connectivity index is 2.28. The molecule has 0 heterocycles. The third kappa shape index (κ3) is 4.14. The van der Waals surface area contributed by atoms with Gasteiger partial charge in [0.1, 0.15) is 11.6 Å². The van der Waals surface area contributed by atoms with Gasteiger partial charge in [-0.3, -0.25) is 4.79 Å². The van der Waals surface area contributed by atoms with Crippen LogP contribution in [0.1, 0.15) is 18.9 Å². The number of nitrogens with one attached hydrogen (secondary N) is 1. The van der Waals surface area contributed by atoms with E-state index in [-0.39, 0.29) is 11.6 Å². The number of carbonyl (C=O) groups is 1. The van der Waals surface area contributed by atoms with Gasteiger partial charge >= 0.3 is 0 Å². The van der Waals surface area contributed by atoms with Crippen LogP contribution in [-0.4, -0.2) is 12.3 Å². The van der Waals surface area contributed by atoms with E-state index in [0.717, 1.165) is 5.56 Å². The first kappa shape index (κ1) is 10.9. The second-order valence-corrected chi connectivity index (χ2v) is 3.26. The summed E-state index contributed by atoms with van der Waals surface area (Å²) in [5.41, 5.74) is 0.897. The number of rotatable bonds is 5. The normalized spacial score (nSPS) is 10.1. The summed E-state index contributed by atoms with van der Waals surface area (Å²) in [4.78, 5) is 10.6. The molecule has 1 aromatic carbocycles. The van der Waals surface area contributed by atoms with E-state index in [0.29, 0.717) is 19.5 Å². The molecule has 0 saturated carbocycles. The molecule has 0 amide bonds. The first-order valence-corrected chi connectivity index (χ1v) is 4.63. The summed E-state index contributed by atoms with van der Waals surface area (Å²) in [5, 5.41) is 3.07. The second-order valence-electron chi connectivity index (χ2n) is 3.26. The fourth-order valence-corrected chi connectivity index (χ4v) is 1.14. The molecule has 2 nitrogen and oxygen atoms in total. The second kappa shape index (κ2) is 5.50. The van der Waals surface area contributed by atoms with Crippen molar-refractivity contribution in [1.82, 2.24) is 5.32 Å². The molecule has 1 aromatic rings. The van der Waals surface area contributed by atoms with Crippen LogP contribution >= 0.6 is 0 Å². The molecule has 0 atom stereocenters. The summed E-state index contributed by atoms with van der Waals surface area (Å²) in [6, 6.07) is 6.43. The lowest BCUT2D eigenvalue weighted by Gasteiger charge is -2.03. The first-order valence-electron chi connectivity index (χ1n) is 4.63. The minimum absolute atomic E-state index is 0.164. The highest BCUT2D eigenvalue weighted by atomic mass is 19.1. The van der Waals surface area contributed by atoms with Crippen LogP contribution in [0.3, 0.4) is 0 Å². The summed E-state index contributed by atoms with van der Waals surface area (Å²) in [7, 11) is 0. The van der Waals surface area contributed by atoms with Crippen molar-refractivity contribution in [2.24, 2.45) is 0 Å². The standard InChI is InChI=1S/C11H14FNO/c1-9(14)5-6-13-8-10-3-2-4-11(12)7-10/h2-4,7,13H,5-6,8H2,1H3. The van der Waals surface area contributed by atoms with E-state index in [2.05, 4.69) is 5.32 Å². The lowest BCUT2D eigenvalue weighted by Crippen LogP contribution is -2.16. The molecule has 0 aliphatic heterocycles. The third-order valence-corrected chi connectivity index (χ3v) is 1.87. The third-order valence-electron chi connectivity index (χ3n) is 1.87. The molecule has 1 N–H and O–H groups in total. The van der Waals surface area contributed by atoms with Gasteiger partial charge in [0.15, 0.2) is 0 Å². The van der Waals surface area contributed by atoms with Crippen LogP contribution < -0.4 is 5.32 Å². The van der Waals surface area contributed by atoms with Gasteiger partial charge in [0.05, 0.1) is 0 Å². The molecule has 0 radical (unpaired) electrons. The van der Waals surface area contributed by atoms with Gasteiger partial charge in [0.2, 0.25) is 0 Å². The minimum Gasteiger partial charge on any atom is -0.312 e. The predicted molar refractivity (Wildman–Crippen MR) is 53.4 cm³/mol. The molecule has 3 heteroatoms. The Hall–Kier alpha value is -1.22. The van der Waals surface area contributed by atoms with Gasteiger partial charge in [0.25, 0.3) is 0 Å². The van der Waals surface area contributed by atoms with Crippen LogP contribution in [-0.2, 0) is 11.3 Å². The van der Waals surface area contributed by atoms with Crippen molar-refractivity contribution in [3.63, 3.8) is 0 Å². The van der Waals surface area contributed by atoms with Crippen molar-refractivity contribution in [3.8, 4) is 0 Å². The maximum atomic E-state index is 12.7. The molecule has 0 fully saturated rings. The molecule has 0 aromatic heterocycles. The highest BCUT2D eigenvalue weighted by molar-refractivity contribution is 5.75. The summed E-state index contributed by atoms with van der Waals surface area (Å²) >= 11 is 0. The predicted octanol–water partition coefficient (Wildman–Crippen LogP) is 1.89. The Labute approximate surface area is 83.1 Å². The molecule has 0 aliphatic rings. The lowest BCUT2D eigenvalue weighted by atomic mass is 10.2. The number of benzene rings is 1. The molecule has 1 rings (SSSR count). The monoisotopic (exact) mass is 195 g/mol. The molecule has 0 saturated heterocycles. The average molecular weight is 195 g/mol. The Morgan fingerprint density at radius 1 is 1.50 bits per heavy atom. The molecular weight excluding hydrogens is 181 g/mol. The molecule has 0 spiro atoms. The van der Waals surface area contributed by atoms with Crippen molar-refractivity contribution in [2.45, 2.75) is 19.9 Å². The van der Waals surface area contributed by atoms with Gasteiger partial charge in [0, 0.05) is 19.5 Å². The average Bonchev–Trinajstić information content (AvgIpc) is 2.12. The van der Waals surface area contributed by atoms with Gasteiger partial charge < -0.3 is 5.32 Å². The zero-order valence-corrected chi connectivity index (χ0v) is 8.22. The van der Waals surface area contributed by atoms with Crippen molar-refractivity contribution < 1.29 is 9.18 Å². The van der Waals surface area contributed by atoms with Crippen LogP contribution in [0.25, 0.3) is 0 Å². The number of hydrogen-bond donors (Lipinski definition) is 1. The molecule has 0 aliphatic carbocycles. The van der Waals surface area contributed by atoms with Crippen molar-refractivity contribution in [1.29, 1.82) is 0 Å². The maximum absolute atomic E-state index is 12.7. The summed E-state index contributed by atoms with van der Waals surface area (Å²) in [6.45, 7) is 2.81. The van der Waals surface area contributed by atoms with Crippen LogP contribution in [0.5, 0.6) is 0 Å². The van der Waals surface area contributed by atoms with Crippen LogP contribution in [0.4, 0.5) is 4.39 Å². The Morgan fingerprint density at radius 2 is 2.29 bits per heavy atom. The van der Waals surface area contributed by atoms with Crippen molar-refractivity contribution >= 4 is 5.78 Å². The number of halogens is 1. The maximum Gasteiger partial charge on any atom is 0.131 e. The summed E-state index contributed by atoms with van der Waals surface area (Å²) < 4.78 is 12.7. The zero-order valence-electron chi connectivity index (χ0n) is 8.22. The summed E-state index contributed by atoms with van der Waals surface area (Å²) in [5.74, 6) is -0.0624. The fraction of sp³-hybridized carbons (Fsp3) is 0.364. The van der Waals surface area contributed by atoms with E-state index in [1.807, 2.05) is 6.07 Å². The molecule has 76 valence electrons. The van der Waals surface area contributed by atoms with Gasteiger partial charge in [-0.1, -0.05) is 12.1 Å². The quantitative estimate of drug-likeness (QED) is 0.727. The van der Waals surface area contributed by atoms with Gasteiger partial charge in [-0.05, 0) is 24.6 Å². The van der Waals surface area contributed by atoms with E-state index in [1.165, 1.54) is 12.1 Å². The smallest absolute Gasteiger partial charge is 0.131 e. The Kier molecular flexibility index (Phi) is 4.26. The Bertz CT molecular complexity index is 312. The van der Waals surface area contributed by atoms with Crippen molar-refractivity contribution in [2.75, 3.05) is 6.54 Å². The van der Waals surface area contributed by atoms with Gasteiger partial charge in [-0.2, -0.15) is 0 Å². The van der Waals surface area contributed by atoms with Crippen LogP contribution in [0, 0.1) is 5.82 Å². The van der Waals surface area contributed by atoms with Gasteiger partial charge in [-0.15, -0.1) is 0 Å². The van der Waals surface area contributed by atoms with Crippen LogP contribution in [0.15, 0.2) is 24.3 Å².